The van der Waals surface area contributed by atoms with Crippen LogP contribution in [0, 0.1) is 0 Å². The Morgan fingerprint density at radius 1 is 1.00 bits per heavy atom. The van der Waals surface area contributed by atoms with Gasteiger partial charge in [0, 0.05) is 5.92 Å². The number of ether oxygens (including phenoxy) is 3. The van der Waals surface area contributed by atoms with Gasteiger partial charge in [-0.3, -0.25) is 0 Å². The highest BCUT2D eigenvalue weighted by molar-refractivity contribution is 5.98. The van der Waals surface area contributed by atoms with Gasteiger partial charge in [-0.2, -0.15) is 0 Å². The van der Waals surface area contributed by atoms with Crippen molar-refractivity contribution in [2.24, 2.45) is 0 Å². The van der Waals surface area contributed by atoms with E-state index in [9.17, 15) is 4.79 Å². The molecule has 0 N–H and O–H groups in total. The van der Waals surface area contributed by atoms with Crippen molar-refractivity contribution < 1.29 is 19.0 Å². The molecule has 4 heteroatoms. The maximum atomic E-state index is 12.7. The molecule has 0 aliphatic heterocycles. The van der Waals surface area contributed by atoms with Crippen molar-refractivity contribution in [3.63, 3.8) is 0 Å². The summed E-state index contributed by atoms with van der Waals surface area (Å²) in [6, 6.07) is 12.0. The predicted octanol–water partition coefficient (Wildman–Crippen LogP) is 4.57. The zero-order valence-corrected chi connectivity index (χ0v) is 15.0. The minimum Gasteiger partial charge on any atom is -0.497 e. The highest BCUT2D eigenvalue weighted by Crippen LogP contribution is 2.40. The fourth-order valence-corrected chi connectivity index (χ4v) is 3.48. The van der Waals surface area contributed by atoms with Crippen LogP contribution in [0.3, 0.4) is 0 Å². The highest BCUT2D eigenvalue weighted by atomic mass is 16.6. The summed E-state index contributed by atoms with van der Waals surface area (Å²) >= 11 is 0. The molecular weight excluding hydrogens is 328 g/mol. The van der Waals surface area contributed by atoms with Gasteiger partial charge in [-0.05, 0) is 54.2 Å². The van der Waals surface area contributed by atoms with E-state index >= 15 is 0 Å². The van der Waals surface area contributed by atoms with E-state index in [1.165, 1.54) is 5.56 Å². The molecule has 26 heavy (non-hydrogen) atoms. The number of esters is 1. The van der Waals surface area contributed by atoms with Crippen molar-refractivity contribution in [1.82, 2.24) is 0 Å². The quantitative estimate of drug-likeness (QED) is 0.741. The topological polar surface area (TPSA) is 44.8 Å². The molecule has 2 aliphatic rings. The number of benzene rings is 2. The molecule has 0 amide bonds. The molecule has 2 aromatic rings. The third kappa shape index (κ3) is 3.07. The van der Waals surface area contributed by atoms with Crippen LogP contribution in [0.5, 0.6) is 11.5 Å². The summed E-state index contributed by atoms with van der Waals surface area (Å²) in [7, 11) is 3.25. The first-order chi connectivity index (χ1) is 12.7. The second-order valence-electron chi connectivity index (χ2n) is 6.71. The molecule has 134 valence electrons. The maximum absolute atomic E-state index is 12.7. The van der Waals surface area contributed by atoms with Crippen molar-refractivity contribution in [3.05, 3.63) is 64.7 Å². The molecule has 2 aromatic carbocycles. The standard InChI is InChI=1S/C22H22O4/c1-24-15-8-6-14(7-9-15)17-4-3-5-19-18(17)12-13-20(25-2)21(19)22(23)26-16-10-11-16/h3,5-9,12-13,16-17H,4,10-11H2,1-2H3. The van der Waals surface area contributed by atoms with Gasteiger partial charge in [0.05, 0.1) is 14.2 Å². The molecule has 0 spiro atoms. The molecule has 0 heterocycles. The molecule has 1 fully saturated rings. The van der Waals surface area contributed by atoms with Gasteiger partial charge in [-0.15, -0.1) is 0 Å². The summed E-state index contributed by atoms with van der Waals surface area (Å²) < 4.78 is 16.3. The van der Waals surface area contributed by atoms with Crippen LogP contribution >= 0.6 is 0 Å². The highest BCUT2D eigenvalue weighted by Gasteiger charge is 2.31. The van der Waals surface area contributed by atoms with Crippen LogP contribution in [0.1, 0.15) is 52.2 Å². The summed E-state index contributed by atoms with van der Waals surface area (Å²) in [5.41, 5.74) is 3.76. The molecule has 4 rings (SSSR count). The summed E-state index contributed by atoms with van der Waals surface area (Å²) in [5.74, 6) is 1.30. The van der Waals surface area contributed by atoms with Gasteiger partial charge in [-0.1, -0.05) is 30.4 Å². The van der Waals surface area contributed by atoms with Crippen LogP contribution in [-0.4, -0.2) is 26.3 Å². The van der Waals surface area contributed by atoms with E-state index in [0.29, 0.717) is 11.3 Å². The third-order valence-electron chi connectivity index (χ3n) is 5.01. The summed E-state index contributed by atoms with van der Waals surface area (Å²) in [6.07, 6.45) is 6.99. The zero-order chi connectivity index (χ0) is 18.1. The van der Waals surface area contributed by atoms with Crippen LogP contribution in [0.25, 0.3) is 6.08 Å². The zero-order valence-electron chi connectivity index (χ0n) is 15.0. The third-order valence-corrected chi connectivity index (χ3v) is 5.01. The Balaban J connectivity index is 1.75. The average Bonchev–Trinajstić information content (AvgIpc) is 3.50. The number of fused-ring (bicyclic) bond motifs is 1. The summed E-state index contributed by atoms with van der Waals surface area (Å²) in [6.45, 7) is 0. The SMILES string of the molecule is COc1ccc(C2CC=Cc3c2ccc(OC)c3C(=O)OC2CC2)cc1. The van der Waals surface area contributed by atoms with E-state index in [1.54, 1.807) is 14.2 Å². The molecule has 0 saturated heterocycles. The lowest BCUT2D eigenvalue weighted by molar-refractivity contribution is 0.0468. The molecule has 1 atom stereocenters. The Kier molecular flexibility index (Phi) is 4.41. The van der Waals surface area contributed by atoms with E-state index in [-0.39, 0.29) is 18.0 Å². The fraction of sp³-hybridized carbons (Fsp3) is 0.318. The minimum atomic E-state index is -0.291. The first kappa shape index (κ1) is 16.7. The first-order valence-electron chi connectivity index (χ1n) is 8.93. The van der Waals surface area contributed by atoms with Crippen molar-refractivity contribution in [1.29, 1.82) is 0 Å². The van der Waals surface area contributed by atoms with E-state index in [1.807, 2.05) is 24.3 Å². The van der Waals surface area contributed by atoms with E-state index in [4.69, 9.17) is 14.2 Å². The number of rotatable bonds is 5. The smallest absolute Gasteiger partial charge is 0.342 e. The predicted molar refractivity (Wildman–Crippen MR) is 99.9 cm³/mol. The van der Waals surface area contributed by atoms with Crippen LogP contribution in [0.2, 0.25) is 0 Å². The Morgan fingerprint density at radius 3 is 2.42 bits per heavy atom. The Morgan fingerprint density at radius 2 is 1.77 bits per heavy atom. The normalized spacial score (nSPS) is 18.2. The molecule has 2 aliphatic carbocycles. The minimum absolute atomic E-state index is 0.0630. The van der Waals surface area contributed by atoms with Crippen molar-refractivity contribution in [3.8, 4) is 11.5 Å². The monoisotopic (exact) mass is 350 g/mol. The number of carbonyl (C=O) groups excluding carboxylic acids is 1. The van der Waals surface area contributed by atoms with Gasteiger partial charge in [0.25, 0.3) is 0 Å². The molecule has 1 unspecified atom stereocenters. The van der Waals surface area contributed by atoms with Crippen molar-refractivity contribution in [2.75, 3.05) is 14.2 Å². The van der Waals surface area contributed by atoms with Crippen LogP contribution in [0.15, 0.2) is 42.5 Å². The van der Waals surface area contributed by atoms with Crippen molar-refractivity contribution in [2.45, 2.75) is 31.3 Å². The lowest BCUT2D eigenvalue weighted by atomic mass is 9.80. The van der Waals surface area contributed by atoms with Gasteiger partial charge in [0.1, 0.15) is 23.2 Å². The molecule has 0 radical (unpaired) electrons. The van der Waals surface area contributed by atoms with Gasteiger partial charge in [0.15, 0.2) is 0 Å². The second-order valence-corrected chi connectivity index (χ2v) is 6.71. The summed E-state index contributed by atoms with van der Waals surface area (Å²) in [5, 5.41) is 0. The number of hydrogen-bond acceptors (Lipinski definition) is 4. The average molecular weight is 350 g/mol. The van der Waals surface area contributed by atoms with Crippen molar-refractivity contribution >= 4 is 12.0 Å². The number of allylic oxidation sites excluding steroid dienone is 1. The molecule has 0 aromatic heterocycles. The molecule has 1 saturated carbocycles. The van der Waals surface area contributed by atoms with E-state index in [0.717, 1.165) is 36.1 Å². The van der Waals surface area contributed by atoms with E-state index in [2.05, 4.69) is 24.3 Å². The van der Waals surface area contributed by atoms with Gasteiger partial charge >= 0.3 is 5.97 Å². The first-order valence-corrected chi connectivity index (χ1v) is 8.93. The summed E-state index contributed by atoms with van der Waals surface area (Å²) in [4.78, 5) is 12.7. The Bertz CT molecular complexity index is 847. The number of hydrogen-bond donors (Lipinski definition) is 0. The number of methoxy groups -OCH3 is 2. The Hall–Kier alpha value is -2.75. The van der Waals surface area contributed by atoms with Gasteiger partial charge in [0.2, 0.25) is 0 Å². The van der Waals surface area contributed by atoms with E-state index < -0.39 is 0 Å². The maximum Gasteiger partial charge on any atom is 0.342 e. The van der Waals surface area contributed by atoms with Crippen LogP contribution in [-0.2, 0) is 4.74 Å². The Labute approximate surface area is 153 Å². The molecule has 0 bridgehead atoms. The number of carbonyl (C=O) groups is 1. The lowest BCUT2D eigenvalue weighted by Gasteiger charge is -2.25. The molecule has 4 nitrogen and oxygen atoms in total. The fourth-order valence-electron chi connectivity index (χ4n) is 3.48. The van der Waals surface area contributed by atoms with Crippen LogP contribution < -0.4 is 9.47 Å². The largest absolute Gasteiger partial charge is 0.497 e. The lowest BCUT2D eigenvalue weighted by Crippen LogP contribution is -2.15. The van der Waals surface area contributed by atoms with Crippen LogP contribution in [0.4, 0.5) is 0 Å². The second kappa shape index (κ2) is 6.87. The van der Waals surface area contributed by atoms with Gasteiger partial charge in [-0.25, -0.2) is 4.79 Å². The van der Waals surface area contributed by atoms with Gasteiger partial charge < -0.3 is 14.2 Å². The molecular formula is C22H22O4.